The average Bonchev–Trinajstić information content (AvgIpc) is 3.40. The van der Waals surface area contributed by atoms with Gasteiger partial charge in [0.25, 0.3) is 0 Å². The third kappa shape index (κ3) is 7.33. The molecule has 0 aromatic heterocycles. The molecule has 10 heteroatoms. The van der Waals surface area contributed by atoms with E-state index in [0.29, 0.717) is 34.5 Å². The minimum atomic E-state index is -0.0329. The smallest absolute Gasteiger partial charge is 0.204 e. The van der Waals surface area contributed by atoms with Gasteiger partial charge in [0, 0.05) is 55.9 Å². The number of ether oxygens (including phenoxy) is 6. The fourth-order valence-electron chi connectivity index (χ4n) is 9.16. The molecule has 5 aliphatic rings. The lowest BCUT2D eigenvalue weighted by molar-refractivity contribution is 0.215. The molecule has 0 aliphatic carbocycles. The monoisotopic (exact) mass is 748 g/mol. The van der Waals surface area contributed by atoms with Gasteiger partial charge in [-0.1, -0.05) is 18.2 Å². The summed E-state index contributed by atoms with van der Waals surface area (Å²) < 4.78 is 38.5. The van der Waals surface area contributed by atoms with Crippen LogP contribution < -0.4 is 28.4 Å². The molecule has 6 bridgehead atoms. The van der Waals surface area contributed by atoms with Crippen molar-refractivity contribution in [3.63, 3.8) is 0 Å². The van der Waals surface area contributed by atoms with Crippen LogP contribution >= 0.6 is 0 Å². The van der Waals surface area contributed by atoms with Gasteiger partial charge in [-0.05, 0) is 131 Å². The molecule has 10 nitrogen and oxygen atoms in total. The molecule has 0 spiro atoms. The number of methoxy groups -OCH3 is 4. The SMILES string of the molecule is COc1ccc2cc1Oc1ccc(cc1)C[C@H]1c3cc(c(OC)cc3CCN1C)Oc1c(OC)c(OC)c(CN3CCCN(C)CC3)c3c1[C@H](C2)N(C)CC3. The molecule has 0 saturated carbocycles. The molecule has 4 aromatic carbocycles. The summed E-state index contributed by atoms with van der Waals surface area (Å²) in [6, 6.07) is 19.3. The Labute approximate surface area is 326 Å². The molecule has 0 amide bonds. The zero-order valence-corrected chi connectivity index (χ0v) is 33.6. The summed E-state index contributed by atoms with van der Waals surface area (Å²) in [5.41, 5.74) is 8.51. The Morgan fingerprint density at radius 3 is 2.11 bits per heavy atom. The maximum Gasteiger partial charge on any atom is 0.204 e. The summed E-state index contributed by atoms with van der Waals surface area (Å²) in [7, 11) is 13.6. The second kappa shape index (κ2) is 15.9. The van der Waals surface area contributed by atoms with Gasteiger partial charge < -0.3 is 33.3 Å². The summed E-state index contributed by atoms with van der Waals surface area (Å²) in [6.45, 7) is 6.80. The molecule has 1 saturated heterocycles. The molecule has 0 radical (unpaired) electrons. The molecular weight excluding hydrogens is 693 g/mol. The summed E-state index contributed by atoms with van der Waals surface area (Å²) >= 11 is 0. The van der Waals surface area contributed by atoms with Crippen LogP contribution in [0.3, 0.4) is 0 Å². The Balaban J connectivity index is 1.36. The van der Waals surface area contributed by atoms with Crippen molar-refractivity contribution in [2.24, 2.45) is 0 Å². The average molecular weight is 749 g/mol. The summed E-state index contributed by atoms with van der Waals surface area (Å²) in [5.74, 6) is 5.61. The molecule has 55 heavy (non-hydrogen) atoms. The van der Waals surface area contributed by atoms with Gasteiger partial charge in [0.15, 0.2) is 34.5 Å². The van der Waals surface area contributed by atoms with Crippen molar-refractivity contribution in [1.82, 2.24) is 19.6 Å². The number of rotatable bonds is 6. The first-order chi connectivity index (χ1) is 26.8. The predicted octanol–water partition coefficient (Wildman–Crippen LogP) is 7.30. The number of likely N-dealkylation sites (N-methyl/N-ethyl adjacent to an activating group) is 3. The fraction of sp³-hybridized carbons (Fsp3) is 0.467. The van der Waals surface area contributed by atoms with Crippen LogP contribution in [0.4, 0.5) is 0 Å². The molecular formula is C45H56N4O6. The third-order valence-electron chi connectivity index (χ3n) is 12.3. The number of benzene rings is 4. The maximum atomic E-state index is 7.29. The lowest BCUT2D eigenvalue weighted by atomic mass is 9.84. The van der Waals surface area contributed by atoms with E-state index in [1.807, 2.05) is 6.07 Å². The van der Waals surface area contributed by atoms with Gasteiger partial charge in [0.1, 0.15) is 5.75 Å². The van der Waals surface area contributed by atoms with Crippen molar-refractivity contribution in [2.45, 2.75) is 50.7 Å². The van der Waals surface area contributed by atoms with Gasteiger partial charge in [0.05, 0.1) is 28.4 Å². The molecule has 292 valence electrons. The van der Waals surface area contributed by atoms with E-state index < -0.39 is 0 Å². The molecule has 9 rings (SSSR count). The third-order valence-corrected chi connectivity index (χ3v) is 12.3. The van der Waals surface area contributed by atoms with E-state index in [9.17, 15) is 0 Å². The van der Waals surface area contributed by atoms with Crippen molar-refractivity contribution >= 4 is 0 Å². The molecule has 0 unspecified atom stereocenters. The van der Waals surface area contributed by atoms with Crippen LogP contribution in [0.2, 0.25) is 0 Å². The van der Waals surface area contributed by atoms with E-state index in [2.05, 4.69) is 89.3 Å². The molecule has 5 heterocycles. The highest BCUT2D eigenvalue weighted by Crippen LogP contribution is 2.54. The number of hydrogen-bond donors (Lipinski definition) is 0. The van der Waals surface area contributed by atoms with Gasteiger partial charge in [-0.2, -0.15) is 0 Å². The first-order valence-corrected chi connectivity index (χ1v) is 19.7. The second-order valence-electron chi connectivity index (χ2n) is 15.6. The van der Waals surface area contributed by atoms with E-state index in [1.165, 1.54) is 27.8 Å². The Kier molecular flexibility index (Phi) is 10.9. The zero-order chi connectivity index (χ0) is 38.2. The van der Waals surface area contributed by atoms with Gasteiger partial charge in [-0.15, -0.1) is 0 Å². The van der Waals surface area contributed by atoms with Gasteiger partial charge in [0.2, 0.25) is 5.75 Å². The van der Waals surface area contributed by atoms with Crippen molar-refractivity contribution in [2.75, 3.05) is 88.9 Å². The highest BCUT2D eigenvalue weighted by Gasteiger charge is 2.37. The lowest BCUT2D eigenvalue weighted by Gasteiger charge is -2.39. The topological polar surface area (TPSA) is 68.3 Å². The lowest BCUT2D eigenvalue weighted by Crippen LogP contribution is -2.36. The molecule has 1 fully saturated rings. The van der Waals surface area contributed by atoms with Crippen molar-refractivity contribution in [3.05, 3.63) is 93.5 Å². The van der Waals surface area contributed by atoms with Crippen molar-refractivity contribution in [1.29, 1.82) is 0 Å². The largest absolute Gasteiger partial charge is 0.493 e. The Hall–Kier alpha value is -4.48. The number of nitrogens with zero attached hydrogens (tertiary/aromatic N) is 4. The fourth-order valence-corrected chi connectivity index (χ4v) is 9.16. The van der Waals surface area contributed by atoms with Crippen LogP contribution in [-0.2, 0) is 32.2 Å². The summed E-state index contributed by atoms with van der Waals surface area (Å²) in [5, 5.41) is 0. The van der Waals surface area contributed by atoms with Crippen LogP contribution in [0.1, 0.15) is 57.4 Å². The van der Waals surface area contributed by atoms with Gasteiger partial charge in [-0.25, -0.2) is 0 Å². The molecule has 2 atom stereocenters. The molecule has 0 N–H and O–H groups in total. The highest BCUT2D eigenvalue weighted by molar-refractivity contribution is 5.67. The first-order valence-electron chi connectivity index (χ1n) is 19.7. The van der Waals surface area contributed by atoms with Crippen LogP contribution in [0.25, 0.3) is 0 Å². The van der Waals surface area contributed by atoms with Gasteiger partial charge in [-0.3, -0.25) is 14.7 Å². The van der Waals surface area contributed by atoms with Crippen LogP contribution in [0.5, 0.6) is 46.0 Å². The van der Waals surface area contributed by atoms with Gasteiger partial charge >= 0.3 is 0 Å². The second-order valence-corrected chi connectivity index (χ2v) is 15.6. The Morgan fingerprint density at radius 1 is 0.636 bits per heavy atom. The quantitative estimate of drug-likeness (QED) is 0.201. The Morgan fingerprint density at radius 2 is 1.35 bits per heavy atom. The Bertz CT molecular complexity index is 2020. The van der Waals surface area contributed by atoms with Crippen molar-refractivity contribution in [3.8, 4) is 46.0 Å². The zero-order valence-electron chi connectivity index (χ0n) is 33.6. The molecule has 4 aromatic rings. The predicted molar refractivity (Wildman–Crippen MR) is 215 cm³/mol. The summed E-state index contributed by atoms with van der Waals surface area (Å²) in [6.07, 6.45) is 4.49. The number of hydrogen-bond acceptors (Lipinski definition) is 10. The van der Waals surface area contributed by atoms with E-state index in [4.69, 9.17) is 28.4 Å². The van der Waals surface area contributed by atoms with E-state index >= 15 is 0 Å². The van der Waals surface area contributed by atoms with Crippen LogP contribution in [0, 0.1) is 0 Å². The van der Waals surface area contributed by atoms with E-state index in [1.54, 1.807) is 28.4 Å². The van der Waals surface area contributed by atoms with Crippen LogP contribution in [0.15, 0.2) is 54.6 Å². The highest BCUT2D eigenvalue weighted by atomic mass is 16.5. The van der Waals surface area contributed by atoms with Crippen LogP contribution in [-0.4, -0.2) is 108 Å². The number of fused-ring (bicyclic) bond motifs is 2. The van der Waals surface area contributed by atoms with E-state index in [0.717, 1.165) is 101 Å². The minimum Gasteiger partial charge on any atom is -0.493 e. The van der Waals surface area contributed by atoms with E-state index in [-0.39, 0.29) is 12.1 Å². The summed E-state index contributed by atoms with van der Waals surface area (Å²) in [4.78, 5) is 9.89. The molecule has 5 aliphatic heterocycles. The minimum absolute atomic E-state index is 0.0329. The normalized spacial score (nSPS) is 20.6. The van der Waals surface area contributed by atoms with Crippen molar-refractivity contribution < 1.29 is 28.4 Å². The standard InChI is InChI=1S/C45H56N4O6/c1-46-17-8-18-49(22-21-46)28-35-33-16-20-48(3)37-24-30-11-14-38(50-4)40(25-30)54-32-12-9-29(10-13-32)23-36-34-27-41(39(51-5)26-31(34)15-19-47(36)2)55-44(42(33)37)45(53-7)43(35)52-6/h9-14,25-27,36-37H,8,15-24,28H2,1-7H3/t36-,37-/m0/s1. The maximum absolute atomic E-state index is 7.29. The first kappa shape index (κ1) is 37.4.